The van der Waals surface area contributed by atoms with Crippen molar-refractivity contribution >= 4 is 43.2 Å². The van der Waals surface area contributed by atoms with Crippen LogP contribution in [0.2, 0.25) is 0 Å². The first kappa shape index (κ1) is 27.6. The van der Waals surface area contributed by atoms with Crippen molar-refractivity contribution in [1.82, 2.24) is 4.90 Å². The number of hydrogen-bond acceptors (Lipinski definition) is 2. The number of ether oxygens (including phenoxy) is 1. The molecule has 0 spiro atoms. The summed E-state index contributed by atoms with van der Waals surface area (Å²) < 4.78 is 5.99. The molecule has 0 aliphatic carbocycles. The Morgan fingerprint density at radius 2 is 1.13 bits per heavy atom. The van der Waals surface area contributed by atoms with Gasteiger partial charge >= 0.3 is 6.09 Å². The molecule has 39 heavy (non-hydrogen) atoms. The van der Waals surface area contributed by atoms with E-state index in [0.29, 0.717) is 12.2 Å². The van der Waals surface area contributed by atoms with Crippen molar-refractivity contribution in [2.75, 3.05) is 12.7 Å². The second-order valence-electron chi connectivity index (χ2n) is 11.0. The van der Waals surface area contributed by atoms with Gasteiger partial charge in [0.15, 0.2) is 0 Å². The third-order valence-electron chi connectivity index (χ3n) is 6.98. The highest BCUT2D eigenvalue weighted by molar-refractivity contribution is 7.74. The van der Waals surface area contributed by atoms with Gasteiger partial charge in [-0.2, -0.15) is 0 Å². The predicted molar refractivity (Wildman–Crippen MR) is 168 cm³/mol. The molecule has 0 saturated carbocycles. The molecule has 4 aromatic rings. The van der Waals surface area contributed by atoms with Crippen LogP contribution in [0, 0.1) is 0 Å². The molecule has 200 valence electrons. The van der Waals surface area contributed by atoms with Gasteiger partial charge in [-0.3, -0.25) is 0 Å². The maximum atomic E-state index is 13.7. The summed E-state index contributed by atoms with van der Waals surface area (Å²) in [6.07, 6.45) is 1.70. The lowest BCUT2D eigenvalue weighted by molar-refractivity contribution is 0.0242. The Morgan fingerprint density at radius 3 is 1.54 bits per heavy atom. The normalized spacial score (nSPS) is 17.5. The van der Waals surface area contributed by atoms with Gasteiger partial charge in [0.2, 0.25) is 0 Å². The number of hydrogen-bond donors (Lipinski definition) is 0. The second kappa shape index (κ2) is 12.5. The van der Waals surface area contributed by atoms with Crippen molar-refractivity contribution in [2.24, 2.45) is 0 Å². The fourth-order valence-electron chi connectivity index (χ4n) is 5.33. The highest BCUT2D eigenvalue weighted by atomic mass is 31.1. The van der Waals surface area contributed by atoms with E-state index in [1.807, 2.05) is 20.8 Å². The van der Waals surface area contributed by atoms with Crippen LogP contribution in [0.5, 0.6) is 0 Å². The van der Waals surface area contributed by atoms with Crippen molar-refractivity contribution in [2.45, 2.75) is 44.5 Å². The molecule has 1 fully saturated rings. The zero-order chi connectivity index (χ0) is 27.2. The smallest absolute Gasteiger partial charge is 0.410 e. The molecule has 1 aliphatic rings. The van der Waals surface area contributed by atoms with Gasteiger partial charge in [-0.15, -0.1) is 0 Å². The van der Waals surface area contributed by atoms with Crippen LogP contribution in [-0.2, 0) is 4.74 Å². The van der Waals surface area contributed by atoms with Crippen LogP contribution in [-0.4, -0.2) is 41.0 Å². The molecule has 1 saturated heterocycles. The first-order valence-electron chi connectivity index (χ1n) is 13.7. The molecule has 0 unspecified atom stereocenters. The molecule has 1 amide bonds. The van der Waals surface area contributed by atoms with Gasteiger partial charge in [-0.1, -0.05) is 121 Å². The van der Waals surface area contributed by atoms with Crippen molar-refractivity contribution in [1.29, 1.82) is 0 Å². The van der Waals surface area contributed by atoms with Crippen molar-refractivity contribution < 1.29 is 9.53 Å². The number of benzene rings is 4. The number of carbonyl (C=O) groups excluding carboxylic acids is 1. The minimum atomic E-state index is -0.639. The molecular weight excluding hydrogens is 516 g/mol. The van der Waals surface area contributed by atoms with Crippen molar-refractivity contribution in [3.63, 3.8) is 0 Å². The van der Waals surface area contributed by atoms with E-state index in [1.54, 1.807) is 0 Å². The fourth-order valence-corrected chi connectivity index (χ4v) is 10.8. The molecule has 0 aromatic heterocycles. The average molecular weight is 554 g/mol. The van der Waals surface area contributed by atoms with Crippen LogP contribution in [0.1, 0.15) is 27.2 Å². The lowest BCUT2D eigenvalue weighted by Gasteiger charge is -2.31. The number of nitrogens with zero attached hydrogens (tertiary/aromatic N) is 1. The molecule has 5 rings (SSSR count). The summed E-state index contributed by atoms with van der Waals surface area (Å²) in [5.74, 6) is 0. The molecule has 0 radical (unpaired) electrons. The first-order chi connectivity index (χ1) is 18.9. The lowest BCUT2D eigenvalue weighted by atomic mass is 10.2. The Kier molecular flexibility index (Phi) is 8.81. The summed E-state index contributed by atoms with van der Waals surface area (Å²) in [7, 11) is -1.27. The Hall–Kier alpha value is -2.99. The molecule has 0 bridgehead atoms. The molecule has 1 aliphatic heterocycles. The number of likely N-dealkylation sites (tertiary alicyclic amines) is 1. The zero-order valence-corrected chi connectivity index (χ0v) is 24.8. The van der Waals surface area contributed by atoms with Crippen LogP contribution >= 0.6 is 15.8 Å². The Morgan fingerprint density at radius 1 is 0.718 bits per heavy atom. The molecule has 0 N–H and O–H groups in total. The average Bonchev–Trinajstić information content (AvgIpc) is 3.36. The summed E-state index contributed by atoms with van der Waals surface area (Å²) in [6, 6.07) is 43.4. The zero-order valence-electron chi connectivity index (χ0n) is 23.0. The van der Waals surface area contributed by atoms with E-state index in [2.05, 4.69) is 126 Å². The highest BCUT2D eigenvalue weighted by Crippen LogP contribution is 2.48. The Labute approximate surface area is 235 Å². The first-order valence-corrected chi connectivity index (χ1v) is 16.6. The lowest BCUT2D eigenvalue weighted by Crippen LogP contribution is -2.42. The quantitative estimate of drug-likeness (QED) is 0.241. The Balaban J connectivity index is 1.51. The van der Waals surface area contributed by atoms with Gasteiger partial charge in [-0.25, -0.2) is 4.79 Å². The number of rotatable bonds is 7. The molecular formula is C34H37NO2P2. The third kappa shape index (κ3) is 6.96. The third-order valence-corrected chi connectivity index (χ3v) is 12.4. The maximum Gasteiger partial charge on any atom is 0.410 e. The van der Waals surface area contributed by atoms with Crippen LogP contribution in [0.15, 0.2) is 121 Å². The van der Waals surface area contributed by atoms with Gasteiger partial charge in [-0.05, 0) is 70.4 Å². The highest BCUT2D eigenvalue weighted by Gasteiger charge is 2.42. The number of carbonyl (C=O) groups is 1. The molecule has 4 aromatic carbocycles. The molecule has 1 heterocycles. The molecule has 2 atom stereocenters. The minimum Gasteiger partial charge on any atom is -0.444 e. The summed E-state index contributed by atoms with van der Waals surface area (Å²) in [6.45, 7) is 6.57. The van der Waals surface area contributed by atoms with Gasteiger partial charge in [0.05, 0.1) is 0 Å². The number of amides is 1. The van der Waals surface area contributed by atoms with Gasteiger partial charge in [0.1, 0.15) is 5.60 Å². The summed E-state index contributed by atoms with van der Waals surface area (Å²) in [5, 5.41) is 5.42. The molecule has 3 nitrogen and oxygen atoms in total. The topological polar surface area (TPSA) is 29.5 Å². The Bertz CT molecular complexity index is 1250. The summed E-state index contributed by atoms with van der Waals surface area (Å²) in [4.78, 5) is 15.7. The van der Waals surface area contributed by atoms with E-state index in [1.165, 1.54) is 21.2 Å². The largest absolute Gasteiger partial charge is 0.444 e. The van der Waals surface area contributed by atoms with Crippen LogP contribution in [0.3, 0.4) is 0 Å². The van der Waals surface area contributed by atoms with Crippen molar-refractivity contribution in [3.8, 4) is 0 Å². The molecule has 5 heteroatoms. The second-order valence-corrected chi connectivity index (χ2v) is 15.8. The van der Waals surface area contributed by atoms with Crippen LogP contribution < -0.4 is 21.2 Å². The van der Waals surface area contributed by atoms with E-state index < -0.39 is 21.4 Å². The SMILES string of the molecule is CC(C)(C)OC(=O)N1C[C@H](P(c2ccccc2)c2ccccc2)C[C@@H]1CP(c1ccccc1)c1ccccc1. The van der Waals surface area contributed by atoms with E-state index in [4.69, 9.17) is 4.74 Å². The monoisotopic (exact) mass is 553 g/mol. The minimum absolute atomic E-state index is 0.105. The van der Waals surface area contributed by atoms with Gasteiger partial charge in [0.25, 0.3) is 0 Å². The van der Waals surface area contributed by atoms with E-state index >= 15 is 0 Å². The van der Waals surface area contributed by atoms with Gasteiger partial charge < -0.3 is 9.64 Å². The summed E-state index contributed by atoms with van der Waals surface area (Å²) in [5.41, 5.74) is -0.182. The van der Waals surface area contributed by atoms with E-state index in [0.717, 1.165) is 12.6 Å². The van der Waals surface area contributed by atoms with Crippen LogP contribution in [0.25, 0.3) is 0 Å². The standard InChI is InChI=1S/C34H37NO2P2/c1-34(2,3)37-33(36)35-25-32(39(30-20-12-6-13-21-30)31-22-14-7-15-23-31)24-27(35)26-38(28-16-8-4-9-17-28)29-18-10-5-11-19-29/h4-23,27,32H,24-26H2,1-3H3/t27-,32-/m1/s1. The van der Waals surface area contributed by atoms with Crippen LogP contribution in [0.4, 0.5) is 4.79 Å². The van der Waals surface area contributed by atoms with E-state index in [-0.39, 0.29) is 12.1 Å². The van der Waals surface area contributed by atoms with Gasteiger partial charge in [0, 0.05) is 18.2 Å². The fraction of sp³-hybridized carbons (Fsp3) is 0.265. The predicted octanol–water partition coefficient (Wildman–Crippen LogP) is 6.63. The maximum absolute atomic E-state index is 13.7. The van der Waals surface area contributed by atoms with E-state index in [9.17, 15) is 4.79 Å². The van der Waals surface area contributed by atoms with Crippen molar-refractivity contribution in [3.05, 3.63) is 121 Å². The summed E-state index contributed by atoms with van der Waals surface area (Å²) >= 11 is 0.